The number of ketones is 1. The minimum Gasteiger partial charge on any atom is -0.303 e. The predicted octanol–water partition coefficient (Wildman–Crippen LogP) is 4.76. The molecule has 2 aromatic heterocycles. The monoisotopic (exact) mass is 439 g/mol. The topological polar surface area (TPSA) is 79.4 Å². The van der Waals surface area contributed by atoms with Gasteiger partial charge in [0, 0.05) is 23.9 Å². The molecule has 1 N–H and O–H groups in total. The average molecular weight is 440 g/mol. The molecule has 6 nitrogen and oxygen atoms in total. The van der Waals surface area contributed by atoms with Crippen molar-refractivity contribution in [1.82, 2.24) is 4.98 Å². The van der Waals surface area contributed by atoms with E-state index in [-0.39, 0.29) is 30.1 Å². The summed E-state index contributed by atoms with van der Waals surface area (Å²) in [5.41, 5.74) is 2.48. The van der Waals surface area contributed by atoms with Crippen molar-refractivity contribution in [3.05, 3.63) is 62.8 Å². The van der Waals surface area contributed by atoms with E-state index in [1.165, 1.54) is 18.3 Å². The number of carbonyl (C=O) groups is 3. The van der Waals surface area contributed by atoms with E-state index in [4.69, 9.17) is 0 Å². The number of nitrogens with one attached hydrogen (secondary N) is 1. The van der Waals surface area contributed by atoms with Crippen molar-refractivity contribution in [3.63, 3.8) is 0 Å². The minimum atomic E-state index is -0.553. The molecule has 1 fully saturated rings. The van der Waals surface area contributed by atoms with Crippen molar-refractivity contribution >= 4 is 51.1 Å². The molecule has 0 spiro atoms. The van der Waals surface area contributed by atoms with Crippen LogP contribution in [-0.4, -0.2) is 22.6 Å². The Morgan fingerprint density at radius 2 is 1.90 bits per heavy atom. The number of thiophene rings is 1. The third kappa shape index (κ3) is 3.80. The van der Waals surface area contributed by atoms with Gasteiger partial charge >= 0.3 is 0 Å². The van der Waals surface area contributed by atoms with E-state index >= 15 is 0 Å². The first-order valence-electron chi connectivity index (χ1n) is 9.56. The zero-order chi connectivity index (χ0) is 21.4. The molecule has 154 valence electrons. The van der Waals surface area contributed by atoms with Gasteiger partial charge in [-0.15, -0.1) is 11.3 Å². The van der Waals surface area contributed by atoms with Crippen molar-refractivity contribution in [1.29, 1.82) is 0 Å². The maximum Gasteiger partial charge on any atom is 0.232 e. The lowest BCUT2D eigenvalue weighted by atomic mass is 9.97. The summed E-state index contributed by atoms with van der Waals surface area (Å²) in [6.07, 6.45) is 0.117. The number of thiazole rings is 1. The number of aromatic nitrogens is 1. The first kappa shape index (κ1) is 20.4. The summed E-state index contributed by atoms with van der Waals surface area (Å²) in [5, 5.41) is 5.17. The fourth-order valence-electron chi connectivity index (χ4n) is 3.74. The Morgan fingerprint density at radius 3 is 2.50 bits per heavy atom. The number of Topliss-reactive ketones (excluding diaryl/α,β-unsaturated/α-hetero) is 1. The Kier molecular flexibility index (Phi) is 5.53. The number of benzene rings is 1. The third-order valence-corrected chi connectivity index (χ3v) is 7.27. The number of hydrogen-bond acceptors (Lipinski definition) is 6. The van der Waals surface area contributed by atoms with Crippen LogP contribution in [0.4, 0.5) is 10.8 Å². The zero-order valence-electron chi connectivity index (χ0n) is 16.8. The van der Waals surface area contributed by atoms with Crippen LogP contribution in [-0.2, 0) is 9.59 Å². The summed E-state index contributed by atoms with van der Waals surface area (Å²) in [6, 6.07) is 11.3. The quantitative estimate of drug-likeness (QED) is 0.582. The van der Waals surface area contributed by atoms with E-state index < -0.39 is 5.92 Å². The number of anilines is 2. The number of amides is 2. The normalized spacial score (nSPS) is 18.6. The fourth-order valence-corrected chi connectivity index (χ4v) is 5.48. The molecule has 0 unspecified atom stereocenters. The van der Waals surface area contributed by atoms with E-state index in [1.807, 2.05) is 48.7 Å². The Balaban J connectivity index is 1.65. The van der Waals surface area contributed by atoms with Gasteiger partial charge in [-0.1, -0.05) is 35.1 Å². The summed E-state index contributed by atoms with van der Waals surface area (Å²) in [5.74, 6) is -0.983. The first-order chi connectivity index (χ1) is 14.3. The van der Waals surface area contributed by atoms with Crippen LogP contribution in [0.25, 0.3) is 0 Å². The zero-order valence-corrected chi connectivity index (χ0v) is 18.5. The molecule has 3 heterocycles. The van der Waals surface area contributed by atoms with Gasteiger partial charge in [0.15, 0.2) is 10.9 Å². The van der Waals surface area contributed by atoms with Gasteiger partial charge in [-0.05, 0) is 37.4 Å². The number of hydrogen-bond donors (Lipinski definition) is 1. The maximum atomic E-state index is 13.2. The van der Waals surface area contributed by atoms with Crippen molar-refractivity contribution in [2.45, 2.75) is 33.2 Å². The average Bonchev–Trinajstić information content (AvgIpc) is 3.41. The fraction of sp³-hybridized carbons (Fsp3) is 0.273. The number of nitrogens with zero attached hydrogens (tertiary/aromatic N) is 2. The summed E-state index contributed by atoms with van der Waals surface area (Å²) >= 11 is 2.69. The van der Waals surface area contributed by atoms with Crippen LogP contribution < -0.4 is 10.2 Å². The molecular weight excluding hydrogens is 418 g/mol. The molecule has 0 saturated carbocycles. The molecule has 2 amide bonds. The van der Waals surface area contributed by atoms with E-state index in [0.29, 0.717) is 15.7 Å². The molecule has 4 rings (SSSR count). The number of aryl methyl sites for hydroxylation is 2. The highest BCUT2D eigenvalue weighted by Crippen LogP contribution is 2.43. The molecule has 30 heavy (non-hydrogen) atoms. The molecule has 3 aromatic rings. The first-order valence-corrected chi connectivity index (χ1v) is 11.3. The van der Waals surface area contributed by atoms with Crippen LogP contribution >= 0.6 is 22.7 Å². The van der Waals surface area contributed by atoms with Crippen molar-refractivity contribution in [3.8, 4) is 0 Å². The van der Waals surface area contributed by atoms with Crippen LogP contribution in [0.1, 0.15) is 45.2 Å². The molecular formula is C22H21N3O3S2. The lowest BCUT2D eigenvalue weighted by molar-refractivity contribution is -0.122. The predicted molar refractivity (Wildman–Crippen MR) is 119 cm³/mol. The van der Waals surface area contributed by atoms with Crippen LogP contribution in [0.2, 0.25) is 0 Å². The highest BCUT2D eigenvalue weighted by atomic mass is 32.1. The van der Waals surface area contributed by atoms with Gasteiger partial charge in [-0.3, -0.25) is 14.4 Å². The molecule has 1 aromatic carbocycles. The molecule has 0 radical (unpaired) electrons. The van der Waals surface area contributed by atoms with Crippen LogP contribution in [0.5, 0.6) is 0 Å². The van der Waals surface area contributed by atoms with Crippen LogP contribution in [0.3, 0.4) is 0 Å². The number of carbonyl (C=O) groups excluding carboxylic acids is 3. The largest absolute Gasteiger partial charge is 0.303 e. The second-order valence-corrected chi connectivity index (χ2v) is 9.33. The molecule has 1 aliphatic rings. The standard InChI is InChI=1S/C22H21N3O3S2/c1-12-6-8-15(9-7-12)25-18(27)11-16(19(25)17-5-4-10-29-17)21(28)24-22-23-13(2)20(30-22)14(3)26/h4-10,16,19H,11H2,1-3H3,(H,23,24,28)/t16-,19-/m1/s1. The van der Waals surface area contributed by atoms with Crippen molar-refractivity contribution in [2.24, 2.45) is 5.92 Å². The van der Waals surface area contributed by atoms with Crippen molar-refractivity contribution < 1.29 is 14.4 Å². The van der Waals surface area contributed by atoms with Gasteiger partial charge in [-0.25, -0.2) is 4.98 Å². The highest BCUT2D eigenvalue weighted by molar-refractivity contribution is 7.17. The smallest absolute Gasteiger partial charge is 0.232 e. The lowest BCUT2D eigenvalue weighted by Crippen LogP contribution is -2.31. The second kappa shape index (κ2) is 8.12. The molecule has 8 heteroatoms. The van der Waals surface area contributed by atoms with Gasteiger partial charge in [0.25, 0.3) is 0 Å². The Morgan fingerprint density at radius 1 is 1.17 bits per heavy atom. The highest BCUT2D eigenvalue weighted by Gasteiger charge is 2.46. The van der Waals surface area contributed by atoms with Crippen LogP contribution in [0, 0.1) is 19.8 Å². The Hall–Kier alpha value is -2.84. The molecule has 0 aliphatic carbocycles. The summed E-state index contributed by atoms with van der Waals surface area (Å²) < 4.78 is 0. The van der Waals surface area contributed by atoms with Crippen molar-refractivity contribution in [2.75, 3.05) is 10.2 Å². The molecule has 2 atom stereocenters. The van der Waals surface area contributed by atoms with E-state index in [9.17, 15) is 14.4 Å². The van der Waals surface area contributed by atoms with Gasteiger partial charge in [0.05, 0.1) is 22.5 Å². The van der Waals surface area contributed by atoms with Gasteiger partial charge in [-0.2, -0.15) is 0 Å². The minimum absolute atomic E-state index is 0.0800. The second-order valence-electron chi connectivity index (χ2n) is 7.35. The Bertz CT molecular complexity index is 1100. The van der Waals surface area contributed by atoms with Gasteiger partial charge in [0.1, 0.15) is 0 Å². The maximum absolute atomic E-state index is 13.2. The van der Waals surface area contributed by atoms with E-state index in [2.05, 4.69) is 10.3 Å². The third-order valence-electron chi connectivity index (χ3n) is 5.15. The summed E-state index contributed by atoms with van der Waals surface area (Å²) in [7, 11) is 0. The summed E-state index contributed by atoms with van der Waals surface area (Å²) in [6.45, 7) is 5.22. The SMILES string of the molecule is CC(=O)c1sc(NC(=O)[C@@H]2CC(=O)N(c3ccc(C)cc3)[C@H]2c2cccs2)nc1C. The molecule has 1 saturated heterocycles. The van der Waals surface area contributed by atoms with E-state index in [0.717, 1.165) is 27.5 Å². The Labute approximate surface area is 182 Å². The number of rotatable bonds is 5. The van der Waals surface area contributed by atoms with E-state index in [1.54, 1.807) is 11.8 Å². The summed E-state index contributed by atoms with van der Waals surface area (Å²) in [4.78, 5) is 45.4. The molecule has 0 bridgehead atoms. The van der Waals surface area contributed by atoms with Crippen LogP contribution in [0.15, 0.2) is 41.8 Å². The van der Waals surface area contributed by atoms with Gasteiger partial charge in [0.2, 0.25) is 11.8 Å². The molecule has 1 aliphatic heterocycles. The lowest BCUT2D eigenvalue weighted by Gasteiger charge is -2.27. The van der Waals surface area contributed by atoms with Gasteiger partial charge < -0.3 is 10.2 Å².